The molecule has 4 heteroatoms. The van der Waals surface area contributed by atoms with Crippen LogP contribution in [-0.4, -0.2) is 19.2 Å². The van der Waals surface area contributed by atoms with E-state index in [4.69, 9.17) is 16.3 Å². The summed E-state index contributed by atoms with van der Waals surface area (Å²) in [5.74, 6) is 1.58. The van der Waals surface area contributed by atoms with Crippen LogP contribution in [0.4, 0.5) is 0 Å². The molecule has 1 N–H and O–H groups in total. The third kappa shape index (κ3) is 4.37. The van der Waals surface area contributed by atoms with Crippen LogP contribution in [0.5, 0.6) is 5.75 Å². The van der Waals surface area contributed by atoms with E-state index in [9.17, 15) is 0 Å². The van der Waals surface area contributed by atoms with Gasteiger partial charge < -0.3 is 10.1 Å². The van der Waals surface area contributed by atoms with Crippen LogP contribution in [0, 0.1) is 12.8 Å². The van der Waals surface area contributed by atoms with Crippen molar-refractivity contribution >= 4 is 27.5 Å². The Morgan fingerprint density at radius 2 is 2.10 bits per heavy atom. The van der Waals surface area contributed by atoms with Crippen molar-refractivity contribution in [2.24, 2.45) is 5.92 Å². The summed E-state index contributed by atoms with van der Waals surface area (Å²) >= 11 is 9.65. The summed E-state index contributed by atoms with van der Waals surface area (Å²) in [5.41, 5.74) is 1.07. The van der Waals surface area contributed by atoms with Crippen LogP contribution in [0.25, 0.3) is 0 Å². The van der Waals surface area contributed by atoms with Gasteiger partial charge in [0.05, 0.1) is 5.02 Å². The van der Waals surface area contributed by atoms with Crippen molar-refractivity contribution < 1.29 is 4.74 Å². The van der Waals surface area contributed by atoms with Crippen molar-refractivity contribution in [3.8, 4) is 5.75 Å². The third-order valence-corrected chi connectivity index (χ3v) is 4.80. The highest BCUT2D eigenvalue weighted by molar-refractivity contribution is 9.10. The molecule has 0 aromatic heterocycles. The normalized spacial score (nSPS) is 22.8. The topological polar surface area (TPSA) is 21.3 Å². The second-order valence-electron chi connectivity index (χ2n) is 5.70. The quantitative estimate of drug-likeness (QED) is 0.749. The maximum atomic E-state index is 6.21. The summed E-state index contributed by atoms with van der Waals surface area (Å²) < 4.78 is 6.82. The molecule has 112 valence electrons. The summed E-state index contributed by atoms with van der Waals surface area (Å²) in [4.78, 5) is 0. The molecule has 0 aliphatic heterocycles. The molecule has 1 aromatic carbocycles. The van der Waals surface area contributed by atoms with Crippen LogP contribution < -0.4 is 10.1 Å². The zero-order valence-electron chi connectivity index (χ0n) is 12.2. The summed E-state index contributed by atoms with van der Waals surface area (Å²) in [6.07, 6.45) is 5.36. The molecule has 0 amide bonds. The molecule has 1 aliphatic carbocycles. The Balaban J connectivity index is 1.78. The van der Waals surface area contributed by atoms with Crippen molar-refractivity contribution in [3.05, 3.63) is 27.2 Å². The summed E-state index contributed by atoms with van der Waals surface area (Å²) in [5, 5.41) is 4.28. The zero-order valence-corrected chi connectivity index (χ0v) is 14.6. The molecule has 2 rings (SSSR count). The molecule has 1 fully saturated rings. The van der Waals surface area contributed by atoms with Crippen LogP contribution in [-0.2, 0) is 0 Å². The second kappa shape index (κ2) is 7.67. The average molecular weight is 361 g/mol. The Hall–Kier alpha value is -0.250. The zero-order chi connectivity index (χ0) is 14.5. The Bertz CT molecular complexity index is 429. The Morgan fingerprint density at radius 3 is 2.80 bits per heavy atom. The number of hydrogen-bond acceptors (Lipinski definition) is 2. The van der Waals surface area contributed by atoms with Gasteiger partial charge in [-0.2, -0.15) is 0 Å². The van der Waals surface area contributed by atoms with Gasteiger partial charge in [-0.15, -0.1) is 0 Å². The van der Waals surface area contributed by atoms with Gasteiger partial charge in [0.2, 0.25) is 0 Å². The van der Waals surface area contributed by atoms with Gasteiger partial charge >= 0.3 is 0 Å². The van der Waals surface area contributed by atoms with Gasteiger partial charge in [-0.1, -0.05) is 47.3 Å². The fourth-order valence-corrected chi connectivity index (χ4v) is 3.91. The molecule has 2 nitrogen and oxygen atoms in total. The Labute approximate surface area is 135 Å². The van der Waals surface area contributed by atoms with Gasteiger partial charge in [-0.05, 0) is 43.4 Å². The van der Waals surface area contributed by atoms with Gasteiger partial charge in [-0.25, -0.2) is 0 Å². The largest absolute Gasteiger partial charge is 0.490 e. The number of halogens is 2. The molecule has 0 bridgehead atoms. The van der Waals surface area contributed by atoms with E-state index in [1.165, 1.54) is 25.7 Å². The van der Waals surface area contributed by atoms with Crippen molar-refractivity contribution in [2.75, 3.05) is 13.2 Å². The first kappa shape index (κ1) is 16.1. The van der Waals surface area contributed by atoms with Crippen LogP contribution in [0.2, 0.25) is 5.02 Å². The molecule has 0 saturated heterocycles. The molecule has 0 heterocycles. The van der Waals surface area contributed by atoms with Gasteiger partial charge in [-0.3, -0.25) is 0 Å². The van der Waals surface area contributed by atoms with E-state index in [-0.39, 0.29) is 0 Å². The maximum Gasteiger partial charge on any atom is 0.140 e. The first-order valence-electron chi connectivity index (χ1n) is 7.39. The molecule has 1 saturated carbocycles. The summed E-state index contributed by atoms with van der Waals surface area (Å²) in [6.45, 7) is 5.89. The predicted octanol–water partition coefficient (Wildman–Crippen LogP) is 4.96. The predicted molar refractivity (Wildman–Crippen MR) is 88.8 cm³/mol. The Morgan fingerprint density at radius 1 is 1.35 bits per heavy atom. The molecule has 1 aliphatic rings. The van der Waals surface area contributed by atoms with Crippen LogP contribution in [0.3, 0.4) is 0 Å². The first-order valence-corrected chi connectivity index (χ1v) is 8.57. The van der Waals surface area contributed by atoms with E-state index in [1.807, 2.05) is 19.1 Å². The monoisotopic (exact) mass is 359 g/mol. The molecule has 2 atom stereocenters. The third-order valence-electron chi connectivity index (χ3n) is 4.06. The summed E-state index contributed by atoms with van der Waals surface area (Å²) in [6, 6.07) is 4.55. The first-order chi connectivity index (χ1) is 9.58. The fourth-order valence-electron chi connectivity index (χ4n) is 2.89. The number of nitrogens with one attached hydrogen (secondary N) is 1. The standard InChI is InChI=1S/C16H23BrClNO/c1-11-5-3-4-6-15(11)19-7-8-20-16-12(2)9-13(17)10-14(16)18/h9-11,15,19H,3-8H2,1-2H3. The fraction of sp³-hybridized carbons (Fsp3) is 0.625. The number of benzene rings is 1. The number of aryl methyl sites for hydroxylation is 1. The minimum Gasteiger partial charge on any atom is -0.490 e. The Kier molecular flexibility index (Phi) is 6.19. The maximum absolute atomic E-state index is 6.21. The van der Waals surface area contributed by atoms with Gasteiger partial charge in [0.1, 0.15) is 12.4 Å². The lowest BCUT2D eigenvalue weighted by atomic mass is 9.86. The van der Waals surface area contributed by atoms with Crippen molar-refractivity contribution in [1.82, 2.24) is 5.32 Å². The van der Waals surface area contributed by atoms with Gasteiger partial charge in [0.15, 0.2) is 0 Å². The van der Waals surface area contributed by atoms with Gasteiger partial charge in [0.25, 0.3) is 0 Å². The van der Waals surface area contributed by atoms with E-state index in [0.29, 0.717) is 17.7 Å². The molecular weight excluding hydrogens is 338 g/mol. The lowest BCUT2D eigenvalue weighted by Gasteiger charge is -2.29. The minimum absolute atomic E-state index is 0.647. The van der Waals surface area contributed by atoms with E-state index in [0.717, 1.165) is 28.2 Å². The highest BCUT2D eigenvalue weighted by Crippen LogP contribution is 2.31. The number of ether oxygens (including phenoxy) is 1. The highest BCUT2D eigenvalue weighted by atomic mass is 79.9. The van der Waals surface area contributed by atoms with Crippen LogP contribution >= 0.6 is 27.5 Å². The number of rotatable bonds is 5. The molecule has 1 aromatic rings. The lowest BCUT2D eigenvalue weighted by Crippen LogP contribution is -2.39. The van der Waals surface area contributed by atoms with Crippen LogP contribution in [0.1, 0.15) is 38.2 Å². The average Bonchev–Trinajstić information content (AvgIpc) is 2.38. The van der Waals surface area contributed by atoms with Crippen molar-refractivity contribution in [3.63, 3.8) is 0 Å². The van der Waals surface area contributed by atoms with Gasteiger partial charge in [0, 0.05) is 17.1 Å². The van der Waals surface area contributed by atoms with Crippen molar-refractivity contribution in [2.45, 2.75) is 45.6 Å². The molecule has 0 radical (unpaired) electrons. The smallest absolute Gasteiger partial charge is 0.140 e. The van der Waals surface area contributed by atoms with E-state index in [2.05, 4.69) is 28.2 Å². The number of hydrogen-bond donors (Lipinski definition) is 1. The molecule has 20 heavy (non-hydrogen) atoms. The van der Waals surface area contributed by atoms with E-state index in [1.54, 1.807) is 0 Å². The SMILES string of the molecule is Cc1cc(Br)cc(Cl)c1OCCNC1CCCCC1C. The van der Waals surface area contributed by atoms with E-state index >= 15 is 0 Å². The van der Waals surface area contributed by atoms with Crippen molar-refractivity contribution in [1.29, 1.82) is 0 Å². The van der Waals surface area contributed by atoms with Crippen LogP contribution in [0.15, 0.2) is 16.6 Å². The molecule has 0 spiro atoms. The molecular formula is C16H23BrClNO. The van der Waals surface area contributed by atoms with E-state index < -0.39 is 0 Å². The lowest BCUT2D eigenvalue weighted by molar-refractivity contribution is 0.250. The minimum atomic E-state index is 0.647. The molecule has 2 unspecified atom stereocenters. The summed E-state index contributed by atoms with van der Waals surface area (Å²) in [7, 11) is 0. The highest BCUT2D eigenvalue weighted by Gasteiger charge is 2.20. The second-order valence-corrected chi connectivity index (χ2v) is 7.03.